The van der Waals surface area contributed by atoms with Crippen LogP contribution in [0.1, 0.15) is 110 Å². The molecule has 0 aromatic carbocycles. The van der Waals surface area contributed by atoms with Gasteiger partial charge in [-0.05, 0) is 19.3 Å². The highest BCUT2D eigenvalue weighted by molar-refractivity contribution is 8.07. The van der Waals surface area contributed by atoms with Gasteiger partial charge in [-0.2, -0.15) is 11.8 Å². The zero-order valence-corrected chi connectivity index (χ0v) is 17.0. The largest absolute Gasteiger partial charge is 0.469 e. The fourth-order valence-electron chi connectivity index (χ4n) is 3.41. The summed E-state index contributed by atoms with van der Waals surface area (Å²) in [5.74, 6) is -0.0625. The van der Waals surface area contributed by atoms with E-state index in [0.717, 1.165) is 16.9 Å². The van der Waals surface area contributed by atoms with Crippen LogP contribution in [0.2, 0.25) is 0 Å². The number of carbonyl (C=O) groups excluding carboxylic acids is 1. The summed E-state index contributed by atoms with van der Waals surface area (Å²) in [6, 6.07) is 0. The lowest BCUT2D eigenvalue weighted by atomic mass is 10.0. The molecule has 2 unspecified atom stereocenters. The number of rotatable bonds is 17. The van der Waals surface area contributed by atoms with Gasteiger partial charge in [-0.1, -0.05) is 84.0 Å². The third kappa shape index (κ3) is 12.2. The first-order chi connectivity index (χ1) is 11.8. The van der Waals surface area contributed by atoms with Crippen molar-refractivity contribution in [3.8, 4) is 0 Å². The average Bonchev–Trinajstić information content (AvgIpc) is 3.34. The van der Waals surface area contributed by atoms with Crippen molar-refractivity contribution in [2.24, 2.45) is 0 Å². The second-order valence-electron chi connectivity index (χ2n) is 7.36. The maximum absolute atomic E-state index is 11.0. The van der Waals surface area contributed by atoms with Crippen LogP contribution in [-0.2, 0) is 9.53 Å². The van der Waals surface area contributed by atoms with Crippen LogP contribution in [-0.4, -0.2) is 23.6 Å². The fourth-order valence-corrected chi connectivity index (χ4v) is 4.65. The van der Waals surface area contributed by atoms with Crippen LogP contribution in [0.4, 0.5) is 0 Å². The molecule has 1 fully saturated rings. The van der Waals surface area contributed by atoms with E-state index in [0.29, 0.717) is 6.42 Å². The molecular weight excluding hydrogens is 316 g/mol. The number of hydrogen-bond donors (Lipinski definition) is 0. The molecule has 2 nitrogen and oxygen atoms in total. The van der Waals surface area contributed by atoms with Crippen molar-refractivity contribution >= 4 is 17.7 Å². The molecule has 1 saturated heterocycles. The number of carbonyl (C=O) groups is 1. The molecule has 142 valence electrons. The molecule has 0 radical (unpaired) electrons. The minimum absolute atomic E-state index is 0.0625. The van der Waals surface area contributed by atoms with Gasteiger partial charge in [0.1, 0.15) is 0 Å². The van der Waals surface area contributed by atoms with E-state index in [2.05, 4.69) is 23.4 Å². The van der Waals surface area contributed by atoms with Gasteiger partial charge < -0.3 is 4.74 Å². The first-order valence-electron chi connectivity index (χ1n) is 10.5. The molecule has 0 spiro atoms. The Kier molecular flexibility index (Phi) is 13.8. The van der Waals surface area contributed by atoms with Gasteiger partial charge in [-0.3, -0.25) is 4.79 Å². The van der Waals surface area contributed by atoms with Crippen LogP contribution in [0.5, 0.6) is 0 Å². The molecule has 2 atom stereocenters. The van der Waals surface area contributed by atoms with E-state index in [-0.39, 0.29) is 5.97 Å². The van der Waals surface area contributed by atoms with Gasteiger partial charge >= 0.3 is 5.97 Å². The van der Waals surface area contributed by atoms with Crippen molar-refractivity contribution in [3.63, 3.8) is 0 Å². The molecule has 0 saturated carbocycles. The molecule has 0 N–H and O–H groups in total. The summed E-state index contributed by atoms with van der Waals surface area (Å²) in [6.45, 7) is 2.29. The summed E-state index contributed by atoms with van der Waals surface area (Å²) in [7, 11) is 1.47. The van der Waals surface area contributed by atoms with E-state index < -0.39 is 0 Å². The molecule has 1 rings (SSSR count). The van der Waals surface area contributed by atoms with Gasteiger partial charge in [0, 0.05) is 16.9 Å². The molecule has 1 heterocycles. The van der Waals surface area contributed by atoms with Gasteiger partial charge in [0.25, 0.3) is 0 Å². The molecule has 0 aromatic heterocycles. The molecule has 3 heteroatoms. The van der Waals surface area contributed by atoms with Crippen LogP contribution < -0.4 is 0 Å². The van der Waals surface area contributed by atoms with E-state index in [1.807, 2.05) is 0 Å². The Bertz CT molecular complexity index is 306. The molecule has 0 bridgehead atoms. The van der Waals surface area contributed by atoms with Crippen LogP contribution in [0.15, 0.2) is 0 Å². The zero-order valence-electron chi connectivity index (χ0n) is 16.2. The Hall–Kier alpha value is -0.180. The highest BCUT2D eigenvalue weighted by Gasteiger charge is 2.36. The van der Waals surface area contributed by atoms with E-state index >= 15 is 0 Å². The van der Waals surface area contributed by atoms with Gasteiger partial charge in [0.2, 0.25) is 0 Å². The van der Waals surface area contributed by atoms with Crippen molar-refractivity contribution in [1.82, 2.24) is 0 Å². The average molecular weight is 357 g/mol. The lowest BCUT2D eigenvalue weighted by molar-refractivity contribution is -0.140. The summed E-state index contributed by atoms with van der Waals surface area (Å²) in [5, 5.41) is 2.01. The van der Waals surface area contributed by atoms with Crippen LogP contribution in [0.25, 0.3) is 0 Å². The molecular formula is C21H40O2S. The van der Waals surface area contributed by atoms with E-state index in [1.165, 1.54) is 97.0 Å². The third-order valence-electron chi connectivity index (χ3n) is 5.13. The van der Waals surface area contributed by atoms with Crippen molar-refractivity contribution in [3.05, 3.63) is 0 Å². The predicted octanol–water partition coefficient (Wildman–Crippen LogP) is 6.90. The van der Waals surface area contributed by atoms with Gasteiger partial charge in [-0.15, -0.1) is 0 Å². The lowest BCUT2D eigenvalue weighted by Crippen LogP contribution is -1.99. The van der Waals surface area contributed by atoms with Crippen molar-refractivity contribution in [2.45, 2.75) is 120 Å². The number of esters is 1. The minimum atomic E-state index is -0.0625. The SMILES string of the molecule is CCCCCCCCC1SC1CCCCCCCCCC(=O)OC. The number of methoxy groups -OCH3 is 1. The van der Waals surface area contributed by atoms with Crippen LogP contribution in [0.3, 0.4) is 0 Å². The Morgan fingerprint density at radius 3 is 1.71 bits per heavy atom. The normalized spacial score (nSPS) is 19.4. The van der Waals surface area contributed by atoms with Gasteiger partial charge in [0.15, 0.2) is 0 Å². The zero-order chi connectivity index (χ0) is 17.5. The summed E-state index contributed by atoms with van der Waals surface area (Å²) in [6.07, 6.45) is 21.1. The first kappa shape index (κ1) is 21.9. The maximum Gasteiger partial charge on any atom is 0.305 e. The topological polar surface area (TPSA) is 26.3 Å². The minimum Gasteiger partial charge on any atom is -0.469 e. The van der Waals surface area contributed by atoms with Crippen LogP contribution >= 0.6 is 11.8 Å². The first-order valence-corrected chi connectivity index (χ1v) is 11.4. The standard InChI is InChI=1S/C21H40O2S/c1-3-4-5-6-10-13-16-19-20(24-19)17-14-11-8-7-9-12-15-18-21(22)23-2/h19-20H,3-18H2,1-2H3. The monoisotopic (exact) mass is 356 g/mol. The predicted molar refractivity (Wildman–Crippen MR) is 107 cm³/mol. The van der Waals surface area contributed by atoms with E-state index in [9.17, 15) is 4.79 Å². The van der Waals surface area contributed by atoms with Crippen molar-refractivity contribution < 1.29 is 9.53 Å². The van der Waals surface area contributed by atoms with Gasteiger partial charge in [0.05, 0.1) is 7.11 Å². The summed E-state index contributed by atoms with van der Waals surface area (Å²) >= 11 is 2.24. The Labute approximate surface area is 154 Å². The second kappa shape index (κ2) is 15.1. The quantitative estimate of drug-likeness (QED) is 0.161. The van der Waals surface area contributed by atoms with Crippen LogP contribution in [0, 0.1) is 0 Å². The molecule has 24 heavy (non-hydrogen) atoms. The molecule has 0 amide bonds. The molecule has 1 aliphatic heterocycles. The molecule has 0 aliphatic carbocycles. The fraction of sp³-hybridized carbons (Fsp3) is 0.952. The number of thioether (sulfide) groups is 1. The highest BCUT2D eigenvalue weighted by Crippen LogP contribution is 2.47. The number of hydrogen-bond acceptors (Lipinski definition) is 3. The van der Waals surface area contributed by atoms with Gasteiger partial charge in [-0.25, -0.2) is 0 Å². The summed E-state index contributed by atoms with van der Waals surface area (Å²) < 4.78 is 4.65. The second-order valence-corrected chi connectivity index (χ2v) is 8.84. The number of ether oxygens (including phenoxy) is 1. The number of unbranched alkanes of at least 4 members (excludes halogenated alkanes) is 11. The molecule has 0 aromatic rings. The van der Waals surface area contributed by atoms with E-state index in [4.69, 9.17) is 0 Å². The third-order valence-corrected chi connectivity index (χ3v) is 6.64. The highest BCUT2D eigenvalue weighted by atomic mass is 32.2. The lowest BCUT2D eigenvalue weighted by Gasteiger charge is -2.02. The molecule has 1 aliphatic rings. The van der Waals surface area contributed by atoms with Crippen molar-refractivity contribution in [1.29, 1.82) is 0 Å². The Morgan fingerprint density at radius 2 is 1.21 bits per heavy atom. The summed E-state index contributed by atoms with van der Waals surface area (Å²) in [4.78, 5) is 11.0. The van der Waals surface area contributed by atoms with Crippen molar-refractivity contribution in [2.75, 3.05) is 7.11 Å². The Balaban J connectivity index is 1.74. The summed E-state index contributed by atoms with van der Waals surface area (Å²) in [5.41, 5.74) is 0. The van der Waals surface area contributed by atoms with E-state index in [1.54, 1.807) is 0 Å². The Morgan fingerprint density at radius 1 is 0.750 bits per heavy atom. The maximum atomic E-state index is 11.0. The smallest absolute Gasteiger partial charge is 0.305 e.